The van der Waals surface area contributed by atoms with E-state index in [4.69, 9.17) is 9.47 Å². The van der Waals surface area contributed by atoms with Crippen molar-refractivity contribution < 1.29 is 23.9 Å². The Bertz CT molecular complexity index is 503. The molecule has 3 amide bonds. The zero-order valence-corrected chi connectivity index (χ0v) is 16.0. The molecular weight excluding hydrogens is 338 g/mol. The first kappa shape index (κ1) is 20.5. The molecule has 0 radical (unpaired) electrons. The molecule has 0 aromatic heterocycles. The Morgan fingerprint density at radius 1 is 1.12 bits per heavy atom. The fourth-order valence-electron chi connectivity index (χ4n) is 3.12. The van der Waals surface area contributed by atoms with Crippen LogP contribution in [0.5, 0.6) is 0 Å². The summed E-state index contributed by atoms with van der Waals surface area (Å²) < 4.78 is 10.5. The molecule has 2 rings (SSSR count). The highest BCUT2D eigenvalue weighted by atomic mass is 16.6. The number of ether oxygens (including phenoxy) is 2. The van der Waals surface area contributed by atoms with Gasteiger partial charge >= 0.3 is 6.09 Å². The maximum absolute atomic E-state index is 12.3. The SMILES string of the molecule is CC(C)(C)OC(=O)NCC(=O)NCC1CCN(C(=O)C2CCCO2)CC1. The van der Waals surface area contributed by atoms with E-state index in [1.54, 1.807) is 20.8 Å². The Kier molecular flexibility index (Phi) is 7.25. The summed E-state index contributed by atoms with van der Waals surface area (Å²) in [5.41, 5.74) is -0.588. The third-order valence-corrected chi connectivity index (χ3v) is 4.51. The number of amides is 3. The van der Waals surface area contributed by atoms with Crippen LogP contribution >= 0.6 is 0 Å². The van der Waals surface area contributed by atoms with E-state index in [1.165, 1.54) is 0 Å². The average Bonchev–Trinajstić information content (AvgIpc) is 3.11. The Morgan fingerprint density at radius 3 is 2.38 bits per heavy atom. The van der Waals surface area contributed by atoms with Crippen LogP contribution in [0.4, 0.5) is 4.79 Å². The van der Waals surface area contributed by atoms with Crippen LogP contribution in [0.3, 0.4) is 0 Å². The summed E-state index contributed by atoms with van der Waals surface area (Å²) in [6.07, 6.45) is 2.63. The summed E-state index contributed by atoms with van der Waals surface area (Å²) in [5, 5.41) is 5.27. The second-order valence-electron chi connectivity index (χ2n) is 7.93. The van der Waals surface area contributed by atoms with Gasteiger partial charge in [0.2, 0.25) is 5.91 Å². The van der Waals surface area contributed by atoms with Crippen LogP contribution in [-0.4, -0.2) is 67.3 Å². The molecule has 0 saturated carbocycles. The van der Waals surface area contributed by atoms with E-state index < -0.39 is 11.7 Å². The second-order valence-corrected chi connectivity index (χ2v) is 7.93. The third kappa shape index (κ3) is 6.82. The number of carbonyl (C=O) groups is 3. The molecule has 2 fully saturated rings. The van der Waals surface area contributed by atoms with Crippen molar-refractivity contribution in [3.63, 3.8) is 0 Å². The maximum atomic E-state index is 12.3. The lowest BCUT2D eigenvalue weighted by atomic mass is 9.96. The normalized spacial score (nSPS) is 21.3. The Balaban J connectivity index is 1.60. The predicted molar refractivity (Wildman–Crippen MR) is 95.5 cm³/mol. The van der Waals surface area contributed by atoms with Crippen LogP contribution in [0.2, 0.25) is 0 Å². The summed E-state index contributed by atoms with van der Waals surface area (Å²) in [5.74, 6) is 0.203. The first-order valence-corrected chi connectivity index (χ1v) is 9.38. The largest absolute Gasteiger partial charge is 0.444 e. The first-order valence-electron chi connectivity index (χ1n) is 9.38. The van der Waals surface area contributed by atoms with Crippen molar-refractivity contribution in [3.8, 4) is 0 Å². The number of hydrogen-bond donors (Lipinski definition) is 2. The molecule has 0 bridgehead atoms. The van der Waals surface area contributed by atoms with Gasteiger partial charge in [-0.1, -0.05) is 0 Å². The smallest absolute Gasteiger partial charge is 0.408 e. The number of nitrogens with zero attached hydrogens (tertiary/aromatic N) is 1. The van der Waals surface area contributed by atoms with Gasteiger partial charge < -0.3 is 25.0 Å². The molecule has 8 nitrogen and oxygen atoms in total. The lowest BCUT2D eigenvalue weighted by molar-refractivity contribution is -0.142. The summed E-state index contributed by atoms with van der Waals surface area (Å²) in [6.45, 7) is 7.83. The van der Waals surface area contributed by atoms with Crippen molar-refractivity contribution in [3.05, 3.63) is 0 Å². The van der Waals surface area contributed by atoms with Crippen molar-refractivity contribution in [1.82, 2.24) is 15.5 Å². The lowest BCUT2D eigenvalue weighted by Gasteiger charge is -2.33. The second kappa shape index (κ2) is 9.21. The summed E-state index contributed by atoms with van der Waals surface area (Å²) >= 11 is 0. The molecule has 8 heteroatoms. The van der Waals surface area contributed by atoms with Crippen molar-refractivity contribution in [1.29, 1.82) is 0 Å². The molecule has 0 aromatic rings. The molecule has 0 aliphatic carbocycles. The number of nitrogens with one attached hydrogen (secondary N) is 2. The quantitative estimate of drug-likeness (QED) is 0.755. The lowest BCUT2D eigenvalue weighted by Crippen LogP contribution is -2.46. The number of alkyl carbamates (subject to hydrolysis) is 1. The van der Waals surface area contributed by atoms with Gasteiger partial charge in [0, 0.05) is 26.2 Å². The number of likely N-dealkylation sites (tertiary alicyclic amines) is 1. The summed E-state index contributed by atoms with van der Waals surface area (Å²) in [7, 11) is 0. The van der Waals surface area contributed by atoms with Crippen molar-refractivity contribution in [2.45, 2.75) is 58.2 Å². The van der Waals surface area contributed by atoms with Crippen LogP contribution in [0.15, 0.2) is 0 Å². The number of hydrogen-bond acceptors (Lipinski definition) is 5. The van der Waals surface area contributed by atoms with Gasteiger partial charge in [0.25, 0.3) is 5.91 Å². The van der Waals surface area contributed by atoms with E-state index >= 15 is 0 Å². The van der Waals surface area contributed by atoms with E-state index in [-0.39, 0.29) is 24.5 Å². The number of rotatable bonds is 5. The molecule has 1 unspecified atom stereocenters. The molecule has 1 atom stereocenters. The van der Waals surface area contributed by atoms with Gasteiger partial charge in [0.1, 0.15) is 11.7 Å². The van der Waals surface area contributed by atoms with Gasteiger partial charge in [0.15, 0.2) is 0 Å². The summed E-state index contributed by atoms with van der Waals surface area (Å²) in [4.78, 5) is 37.5. The average molecular weight is 369 g/mol. The Morgan fingerprint density at radius 2 is 1.81 bits per heavy atom. The molecule has 2 saturated heterocycles. The van der Waals surface area contributed by atoms with E-state index in [0.717, 1.165) is 25.7 Å². The minimum absolute atomic E-state index is 0.103. The van der Waals surface area contributed by atoms with E-state index in [2.05, 4.69) is 10.6 Å². The highest BCUT2D eigenvalue weighted by molar-refractivity contribution is 5.82. The molecule has 2 aliphatic rings. The zero-order valence-electron chi connectivity index (χ0n) is 16.0. The molecule has 2 aliphatic heterocycles. The predicted octanol–water partition coefficient (Wildman–Crippen LogP) is 1.04. The fraction of sp³-hybridized carbons (Fsp3) is 0.833. The number of carbonyl (C=O) groups excluding carboxylic acids is 3. The van der Waals surface area contributed by atoms with Crippen molar-refractivity contribution >= 4 is 17.9 Å². The molecule has 148 valence electrons. The Labute approximate surface area is 155 Å². The van der Waals surface area contributed by atoms with E-state index in [9.17, 15) is 14.4 Å². The van der Waals surface area contributed by atoms with Gasteiger partial charge in [-0.25, -0.2) is 4.79 Å². The van der Waals surface area contributed by atoms with Crippen LogP contribution in [0.1, 0.15) is 46.5 Å². The third-order valence-electron chi connectivity index (χ3n) is 4.51. The minimum Gasteiger partial charge on any atom is -0.444 e. The monoisotopic (exact) mass is 369 g/mol. The molecule has 0 aromatic carbocycles. The van der Waals surface area contributed by atoms with Crippen LogP contribution in [0, 0.1) is 5.92 Å². The van der Waals surface area contributed by atoms with Gasteiger partial charge in [-0.15, -0.1) is 0 Å². The van der Waals surface area contributed by atoms with Gasteiger partial charge in [0.05, 0.1) is 6.54 Å². The van der Waals surface area contributed by atoms with Crippen LogP contribution in [0.25, 0.3) is 0 Å². The first-order chi connectivity index (χ1) is 12.2. The fourth-order valence-corrected chi connectivity index (χ4v) is 3.12. The van der Waals surface area contributed by atoms with Crippen molar-refractivity contribution in [2.75, 3.05) is 32.8 Å². The van der Waals surface area contributed by atoms with Crippen LogP contribution in [-0.2, 0) is 19.1 Å². The molecule has 2 heterocycles. The topological polar surface area (TPSA) is 97.0 Å². The van der Waals surface area contributed by atoms with Gasteiger partial charge in [-0.05, 0) is 52.4 Å². The Hall–Kier alpha value is -1.83. The van der Waals surface area contributed by atoms with Gasteiger partial charge in [-0.3, -0.25) is 9.59 Å². The number of piperidine rings is 1. The van der Waals surface area contributed by atoms with Gasteiger partial charge in [-0.2, -0.15) is 0 Å². The zero-order chi connectivity index (χ0) is 19.2. The minimum atomic E-state index is -0.603. The highest BCUT2D eigenvalue weighted by Crippen LogP contribution is 2.20. The molecule has 0 spiro atoms. The van der Waals surface area contributed by atoms with Crippen molar-refractivity contribution in [2.24, 2.45) is 5.92 Å². The summed E-state index contributed by atoms with van der Waals surface area (Å²) in [6, 6.07) is 0. The molecule has 26 heavy (non-hydrogen) atoms. The van der Waals surface area contributed by atoms with E-state index in [1.807, 2.05) is 4.90 Å². The standard InChI is InChI=1S/C18H31N3O5/c1-18(2,3)26-17(24)20-12-15(22)19-11-13-6-8-21(9-7-13)16(23)14-5-4-10-25-14/h13-14H,4-12H2,1-3H3,(H,19,22)(H,20,24). The van der Waals surface area contributed by atoms with E-state index in [0.29, 0.717) is 32.2 Å². The molecule has 2 N–H and O–H groups in total. The van der Waals surface area contributed by atoms with Crippen LogP contribution < -0.4 is 10.6 Å². The highest BCUT2D eigenvalue weighted by Gasteiger charge is 2.30. The maximum Gasteiger partial charge on any atom is 0.408 e. The molecular formula is C18H31N3O5.